The van der Waals surface area contributed by atoms with Crippen molar-refractivity contribution in [1.82, 2.24) is 0 Å². The van der Waals surface area contributed by atoms with Crippen LogP contribution >= 0.6 is 0 Å². The maximum absolute atomic E-state index is 12.4. The van der Waals surface area contributed by atoms with Crippen molar-refractivity contribution in [2.75, 3.05) is 11.9 Å². The summed E-state index contributed by atoms with van der Waals surface area (Å²) in [6, 6.07) is 33.3. The van der Waals surface area contributed by atoms with Gasteiger partial charge < -0.3 is 19.2 Å². The fourth-order valence-electron chi connectivity index (χ4n) is 3.81. The third kappa shape index (κ3) is 5.62. The Balaban J connectivity index is 1.19. The first-order valence-electron chi connectivity index (χ1n) is 11.5. The maximum atomic E-state index is 12.4. The zero-order chi connectivity index (χ0) is 24.7. The van der Waals surface area contributed by atoms with Crippen LogP contribution in [-0.2, 0) is 11.4 Å². The second-order valence-corrected chi connectivity index (χ2v) is 8.14. The van der Waals surface area contributed by atoms with Crippen molar-refractivity contribution in [2.45, 2.75) is 6.61 Å². The van der Waals surface area contributed by atoms with Crippen LogP contribution in [0, 0.1) is 0 Å². The summed E-state index contributed by atoms with van der Waals surface area (Å²) >= 11 is 0. The van der Waals surface area contributed by atoms with Gasteiger partial charge in [0.05, 0.1) is 0 Å². The van der Waals surface area contributed by atoms with E-state index in [0.29, 0.717) is 29.4 Å². The molecule has 1 aromatic heterocycles. The first-order valence-corrected chi connectivity index (χ1v) is 11.5. The van der Waals surface area contributed by atoms with Crippen molar-refractivity contribution in [2.24, 2.45) is 0 Å². The highest BCUT2D eigenvalue weighted by Gasteiger charge is 2.10. The van der Waals surface area contributed by atoms with Gasteiger partial charge in [-0.3, -0.25) is 4.79 Å². The van der Waals surface area contributed by atoms with Crippen molar-refractivity contribution in [1.29, 1.82) is 0 Å². The Hall–Kier alpha value is -4.84. The average Bonchev–Trinajstić information content (AvgIpc) is 2.92. The Bertz CT molecular complexity index is 1530. The van der Waals surface area contributed by atoms with Gasteiger partial charge in [-0.2, -0.15) is 0 Å². The van der Waals surface area contributed by atoms with Gasteiger partial charge in [0.25, 0.3) is 5.91 Å². The summed E-state index contributed by atoms with van der Waals surface area (Å²) in [6.45, 7) is 0.277. The van der Waals surface area contributed by atoms with E-state index in [1.165, 1.54) is 6.07 Å². The van der Waals surface area contributed by atoms with Crippen molar-refractivity contribution >= 4 is 22.6 Å². The highest BCUT2D eigenvalue weighted by Crippen LogP contribution is 2.29. The molecule has 0 saturated heterocycles. The standard InChI is InChI=1S/C30H23NO5/c32-29(31-23-11-13-24(14-12-23)34-19-21-7-3-1-4-8-21)20-35-25-15-16-26-27(22-9-5-2-6-10-22)18-30(33)36-28(26)17-25/h1-18H,19-20H2,(H,31,32). The predicted octanol–water partition coefficient (Wildman–Crippen LogP) is 6.06. The molecule has 1 N–H and O–H groups in total. The maximum Gasteiger partial charge on any atom is 0.336 e. The number of benzene rings is 4. The van der Waals surface area contributed by atoms with Crippen molar-refractivity contribution < 1.29 is 18.7 Å². The van der Waals surface area contributed by atoms with E-state index >= 15 is 0 Å². The van der Waals surface area contributed by atoms with Crippen LogP contribution in [0.25, 0.3) is 22.1 Å². The summed E-state index contributed by atoms with van der Waals surface area (Å²) in [4.78, 5) is 24.5. The van der Waals surface area contributed by atoms with Crippen LogP contribution < -0.4 is 20.4 Å². The minimum atomic E-state index is -0.451. The largest absolute Gasteiger partial charge is 0.489 e. The van der Waals surface area contributed by atoms with Gasteiger partial charge >= 0.3 is 5.63 Å². The van der Waals surface area contributed by atoms with Crippen LogP contribution in [0.1, 0.15) is 5.56 Å². The molecular formula is C30H23NO5. The number of nitrogens with one attached hydrogen (secondary N) is 1. The molecule has 0 radical (unpaired) electrons. The first-order chi connectivity index (χ1) is 17.6. The molecule has 1 amide bonds. The number of carbonyl (C=O) groups is 1. The summed E-state index contributed by atoms with van der Waals surface area (Å²) < 4.78 is 16.8. The van der Waals surface area contributed by atoms with E-state index in [-0.39, 0.29) is 12.5 Å². The molecule has 0 aliphatic heterocycles. The van der Waals surface area contributed by atoms with E-state index in [4.69, 9.17) is 13.9 Å². The third-order valence-corrected chi connectivity index (χ3v) is 5.56. The Kier molecular flexibility index (Phi) is 6.76. The van der Waals surface area contributed by atoms with Gasteiger partial charge in [0.1, 0.15) is 23.7 Å². The lowest BCUT2D eigenvalue weighted by Crippen LogP contribution is -2.20. The molecule has 5 rings (SSSR count). The number of rotatable bonds is 8. The molecule has 0 saturated carbocycles. The number of hydrogen-bond acceptors (Lipinski definition) is 5. The fourth-order valence-corrected chi connectivity index (χ4v) is 3.81. The first kappa shape index (κ1) is 22.9. The average molecular weight is 478 g/mol. The summed E-state index contributed by atoms with van der Waals surface area (Å²) in [5, 5.41) is 3.58. The second kappa shape index (κ2) is 10.6. The van der Waals surface area contributed by atoms with Gasteiger partial charge in [0, 0.05) is 23.2 Å². The van der Waals surface area contributed by atoms with Gasteiger partial charge in [0.15, 0.2) is 6.61 Å². The van der Waals surface area contributed by atoms with Crippen LogP contribution in [-0.4, -0.2) is 12.5 Å². The van der Waals surface area contributed by atoms with E-state index in [1.807, 2.05) is 66.7 Å². The highest BCUT2D eigenvalue weighted by molar-refractivity contribution is 5.94. The quantitative estimate of drug-likeness (QED) is 0.275. The molecule has 0 aliphatic rings. The molecule has 5 aromatic rings. The molecule has 0 spiro atoms. The second-order valence-electron chi connectivity index (χ2n) is 8.14. The van der Waals surface area contributed by atoms with E-state index in [9.17, 15) is 9.59 Å². The monoisotopic (exact) mass is 477 g/mol. The Morgan fingerprint density at radius 2 is 1.44 bits per heavy atom. The minimum absolute atomic E-state index is 0.194. The third-order valence-electron chi connectivity index (χ3n) is 5.56. The van der Waals surface area contributed by atoms with Crippen molar-refractivity contribution in [3.8, 4) is 22.6 Å². The number of carbonyl (C=O) groups excluding carboxylic acids is 1. The topological polar surface area (TPSA) is 77.8 Å². The SMILES string of the molecule is O=C(COc1ccc2c(-c3ccccc3)cc(=O)oc2c1)Nc1ccc(OCc2ccccc2)cc1. The summed E-state index contributed by atoms with van der Waals surface area (Å²) in [5.41, 5.74) is 3.35. The molecule has 36 heavy (non-hydrogen) atoms. The summed E-state index contributed by atoms with van der Waals surface area (Å²) in [5.74, 6) is 0.823. The van der Waals surface area contributed by atoms with Gasteiger partial charge in [0.2, 0.25) is 0 Å². The number of hydrogen-bond donors (Lipinski definition) is 1. The van der Waals surface area contributed by atoms with Crippen LogP contribution in [0.5, 0.6) is 11.5 Å². The van der Waals surface area contributed by atoms with Gasteiger partial charge in [-0.05, 0) is 53.1 Å². The molecule has 0 aliphatic carbocycles. The van der Waals surface area contributed by atoms with Gasteiger partial charge in [-0.25, -0.2) is 4.79 Å². The van der Waals surface area contributed by atoms with E-state index < -0.39 is 5.63 Å². The number of ether oxygens (including phenoxy) is 2. The Labute approximate surface area is 207 Å². The Morgan fingerprint density at radius 3 is 2.19 bits per heavy atom. The Morgan fingerprint density at radius 1 is 0.750 bits per heavy atom. The molecule has 0 unspecified atom stereocenters. The molecule has 6 heteroatoms. The number of amides is 1. The predicted molar refractivity (Wildman–Crippen MR) is 139 cm³/mol. The van der Waals surface area contributed by atoms with E-state index in [2.05, 4.69) is 5.32 Å². The van der Waals surface area contributed by atoms with Crippen LogP contribution in [0.15, 0.2) is 118 Å². The molecule has 0 atom stereocenters. The molecule has 0 bridgehead atoms. The van der Waals surface area contributed by atoms with Crippen LogP contribution in [0.2, 0.25) is 0 Å². The molecule has 178 valence electrons. The summed E-state index contributed by atoms with van der Waals surface area (Å²) in [7, 11) is 0. The number of anilines is 1. The van der Waals surface area contributed by atoms with Gasteiger partial charge in [-0.15, -0.1) is 0 Å². The zero-order valence-corrected chi connectivity index (χ0v) is 19.3. The lowest BCUT2D eigenvalue weighted by molar-refractivity contribution is -0.118. The van der Waals surface area contributed by atoms with E-state index in [0.717, 1.165) is 22.1 Å². The van der Waals surface area contributed by atoms with Crippen LogP contribution in [0.4, 0.5) is 5.69 Å². The summed E-state index contributed by atoms with van der Waals surface area (Å²) in [6.07, 6.45) is 0. The molecular weight excluding hydrogens is 454 g/mol. The lowest BCUT2D eigenvalue weighted by atomic mass is 10.0. The zero-order valence-electron chi connectivity index (χ0n) is 19.3. The molecule has 1 heterocycles. The van der Waals surface area contributed by atoms with Gasteiger partial charge in [-0.1, -0.05) is 60.7 Å². The molecule has 0 fully saturated rings. The molecule has 4 aromatic carbocycles. The smallest absolute Gasteiger partial charge is 0.336 e. The fraction of sp³-hybridized carbons (Fsp3) is 0.0667. The van der Waals surface area contributed by atoms with Crippen molar-refractivity contribution in [3.63, 3.8) is 0 Å². The lowest BCUT2D eigenvalue weighted by Gasteiger charge is -2.10. The highest BCUT2D eigenvalue weighted by atomic mass is 16.5. The van der Waals surface area contributed by atoms with E-state index in [1.54, 1.807) is 36.4 Å². The normalized spacial score (nSPS) is 10.7. The number of fused-ring (bicyclic) bond motifs is 1. The van der Waals surface area contributed by atoms with Crippen LogP contribution in [0.3, 0.4) is 0 Å². The van der Waals surface area contributed by atoms with Crippen molar-refractivity contribution in [3.05, 3.63) is 125 Å². The molecule has 6 nitrogen and oxygen atoms in total. The minimum Gasteiger partial charge on any atom is -0.489 e.